The molecule has 0 saturated heterocycles. The van der Waals surface area contributed by atoms with E-state index in [2.05, 4.69) is 4.72 Å². The Morgan fingerprint density at radius 2 is 1.64 bits per heavy atom. The lowest BCUT2D eigenvalue weighted by Gasteiger charge is -2.17. The number of amides is 1. The summed E-state index contributed by atoms with van der Waals surface area (Å²) in [6.07, 6.45) is 0. The number of rotatable bonds is 5. The Hall–Kier alpha value is -2.18. The molecular weight excluding hydrogens is 300 g/mol. The van der Waals surface area contributed by atoms with Gasteiger partial charge in [0.15, 0.2) is 0 Å². The number of benzene rings is 2. The van der Waals surface area contributed by atoms with Gasteiger partial charge in [0.2, 0.25) is 15.9 Å². The van der Waals surface area contributed by atoms with Crippen LogP contribution in [-0.4, -0.2) is 27.9 Å². The molecule has 0 saturated carbocycles. The number of para-hydroxylation sites is 1. The largest absolute Gasteiger partial charge is 0.314 e. The first-order valence-corrected chi connectivity index (χ1v) is 8.27. The first kappa shape index (κ1) is 16.2. The van der Waals surface area contributed by atoms with Gasteiger partial charge in [-0.2, -0.15) is 0 Å². The zero-order chi connectivity index (χ0) is 16.2. The van der Waals surface area contributed by atoms with Crippen molar-refractivity contribution in [3.8, 4) is 0 Å². The fourth-order valence-electron chi connectivity index (χ4n) is 2.01. The molecule has 6 heteroatoms. The Morgan fingerprint density at radius 1 is 1.05 bits per heavy atom. The average molecular weight is 318 g/mol. The molecule has 22 heavy (non-hydrogen) atoms. The highest BCUT2D eigenvalue weighted by atomic mass is 32.2. The molecule has 0 aliphatic heterocycles. The van der Waals surface area contributed by atoms with Gasteiger partial charge in [0.05, 0.1) is 11.4 Å². The van der Waals surface area contributed by atoms with Crippen molar-refractivity contribution < 1.29 is 13.2 Å². The fourth-order valence-corrected chi connectivity index (χ4v) is 3.23. The van der Waals surface area contributed by atoms with Gasteiger partial charge in [0.1, 0.15) is 0 Å². The first-order chi connectivity index (χ1) is 10.4. The highest BCUT2D eigenvalue weighted by Gasteiger charge is 2.19. The zero-order valence-corrected chi connectivity index (χ0v) is 13.3. The van der Waals surface area contributed by atoms with Crippen molar-refractivity contribution >= 4 is 21.6 Å². The summed E-state index contributed by atoms with van der Waals surface area (Å²) in [7, 11) is -2.09. The summed E-state index contributed by atoms with van der Waals surface area (Å²) >= 11 is 0. The van der Waals surface area contributed by atoms with Crippen molar-refractivity contribution in [3.05, 3.63) is 60.2 Å². The standard InChI is InChI=1S/C16H18N2O3S/c1-13-8-6-7-11-15(13)22(20,21)17-12-16(19)18(2)14-9-4-3-5-10-14/h3-11,17H,12H2,1-2H3. The van der Waals surface area contributed by atoms with E-state index in [0.717, 1.165) is 0 Å². The quantitative estimate of drug-likeness (QED) is 0.916. The van der Waals surface area contributed by atoms with E-state index in [-0.39, 0.29) is 17.3 Å². The zero-order valence-electron chi connectivity index (χ0n) is 12.5. The van der Waals surface area contributed by atoms with Crippen LogP contribution in [0.2, 0.25) is 0 Å². The molecule has 2 rings (SSSR count). The molecule has 0 aromatic heterocycles. The van der Waals surface area contributed by atoms with Gasteiger partial charge < -0.3 is 4.90 Å². The molecule has 0 heterocycles. The average Bonchev–Trinajstić information content (AvgIpc) is 2.53. The predicted octanol–water partition coefficient (Wildman–Crippen LogP) is 1.94. The number of anilines is 1. The summed E-state index contributed by atoms with van der Waals surface area (Å²) in [5.74, 6) is -0.330. The van der Waals surface area contributed by atoms with Crippen LogP contribution in [0.15, 0.2) is 59.5 Å². The van der Waals surface area contributed by atoms with Crippen molar-refractivity contribution in [3.63, 3.8) is 0 Å². The molecule has 0 aliphatic carbocycles. The van der Waals surface area contributed by atoms with E-state index in [1.54, 1.807) is 44.3 Å². The van der Waals surface area contributed by atoms with Crippen LogP contribution < -0.4 is 9.62 Å². The van der Waals surface area contributed by atoms with E-state index in [1.165, 1.54) is 11.0 Å². The lowest BCUT2D eigenvalue weighted by molar-refractivity contribution is -0.117. The number of aryl methyl sites for hydroxylation is 1. The van der Waals surface area contributed by atoms with E-state index < -0.39 is 10.0 Å². The second-order valence-electron chi connectivity index (χ2n) is 4.88. The molecule has 0 spiro atoms. The third-order valence-electron chi connectivity index (χ3n) is 3.31. The third kappa shape index (κ3) is 3.72. The molecule has 0 aliphatic rings. The number of likely N-dealkylation sites (N-methyl/N-ethyl adjacent to an activating group) is 1. The summed E-state index contributed by atoms with van der Waals surface area (Å²) in [5, 5.41) is 0. The van der Waals surface area contributed by atoms with Crippen molar-refractivity contribution in [1.29, 1.82) is 0 Å². The van der Waals surface area contributed by atoms with Gasteiger partial charge in [-0.25, -0.2) is 13.1 Å². The van der Waals surface area contributed by atoms with Crippen LogP contribution in [0, 0.1) is 6.92 Å². The maximum absolute atomic E-state index is 12.2. The van der Waals surface area contributed by atoms with Crippen LogP contribution in [0.1, 0.15) is 5.56 Å². The van der Waals surface area contributed by atoms with E-state index in [0.29, 0.717) is 11.3 Å². The highest BCUT2D eigenvalue weighted by Crippen LogP contribution is 2.14. The summed E-state index contributed by atoms with van der Waals surface area (Å²) in [6, 6.07) is 15.7. The molecular formula is C16H18N2O3S. The topological polar surface area (TPSA) is 66.5 Å². The van der Waals surface area contributed by atoms with Crippen molar-refractivity contribution in [2.24, 2.45) is 0 Å². The molecule has 1 amide bonds. The Balaban J connectivity index is 2.06. The van der Waals surface area contributed by atoms with Crippen LogP contribution in [0.3, 0.4) is 0 Å². The molecule has 0 fully saturated rings. The normalized spacial score (nSPS) is 11.2. The van der Waals surface area contributed by atoms with Crippen molar-refractivity contribution in [2.75, 3.05) is 18.5 Å². The van der Waals surface area contributed by atoms with Crippen LogP contribution in [-0.2, 0) is 14.8 Å². The highest BCUT2D eigenvalue weighted by molar-refractivity contribution is 7.89. The Bertz CT molecular complexity index is 758. The van der Waals surface area contributed by atoms with E-state index >= 15 is 0 Å². The van der Waals surface area contributed by atoms with E-state index in [1.807, 2.05) is 18.2 Å². The van der Waals surface area contributed by atoms with Gasteiger partial charge in [0.25, 0.3) is 0 Å². The number of nitrogens with one attached hydrogen (secondary N) is 1. The number of nitrogens with zero attached hydrogens (tertiary/aromatic N) is 1. The Labute approximate surface area is 130 Å². The van der Waals surface area contributed by atoms with Crippen molar-refractivity contribution in [2.45, 2.75) is 11.8 Å². The maximum Gasteiger partial charge on any atom is 0.241 e. The Morgan fingerprint density at radius 3 is 2.27 bits per heavy atom. The summed E-state index contributed by atoms with van der Waals surface area (Å²) < 4.78 is 26.8. The van der Waals surface area contributed by atoms with Crippen LogP contribution in [0.25, 0.3) is 0 Å². The molecule has 0 radical (unpaired) electrons. The minimum atomic E-state index is -3.70. The van der Waals surface area contributed by atoms with Crippen LogP contribution in [0.5, 0.6) is 0 Å². The monoisotopic (exact) mass is 318 g/mol. The third-order valence-corrected chi connectivity index (χ3v) is 4.88. The summed E-state index contributed by atoms with van der Waals surface area (Å²) in [4.78, 5) is 13.7. The molecule has 0 unspecified atom stereocenters. The molecule has 2 aromatic carbocycles. The predicted molar refractivity (Wildman–Crippen MR) is 86.2 cm³/mol. The van der Waals surface area contributed by atoms with Gasteiger partial charge in [-0.1, -0.05) is 36.4 Å². The Kier molecular flexibility index (Phi) is 4.95. The smallest absolute Gasteiger partial charge is 0.241 e. The number of carbonyl (C=O) groups is 1. The lowest BCUT2D eigenvalue weighted by atomic mass is 10.2. The maximum atomic E-state index is 12.2. The van der Waals surface area contributed by atoms with Gasteiger partial charge >= 0.3 is 0 Å². The number of sulfonamides is 1. The van der Waals surface area contributed by atoms with Gasteiger partial charge in [0, 0.05) is 12.7 Å². The second-order valence-corrected chi connectivity index (χ2v) is 6.61. The van der Waals surface area contributed by atoms with E-state index in [9.17, 15) is 13.2 Å². The minimum absolute atomic E-state index is 0.185. The second kappa shape index (κ2) is 6.72. The first-order valence-electron chi connectivity index (χ1n) is 6.79. The van der Waals surface area contributed by atoms with E-state index in [4.69, 9.17) is 0 Å². The van der Waals surface area contributed by atoms with Crippen molar-refractivity contribution in [1.82, 2.24) is 4.72 Å². The SMILES string of the molecule is Cc1ccccc1S(=O)(=O)NCC(=O)N(C)c1ccccc1. The molecule has 1 N–H and O–H groups in total. The number of hydrogen-bond donors (Lipinski definition) is 1. The van der Waals surface area contributed by atoms with Gasteiger partial charge in [-0.05, 0) is 30.7 Å². The lowest BCUT2D eigenvalue weighted by Crippen LogP contribution is -2.38. The molecule has 5 nitrogen and oxygen atoms in total. The van der Waals surface area contributed by atoms with Crippen LogP contribution in [0.4, 0.5) is 5.69 Å². The molecule has 0 bridgehead atoms. The molecule has 2 aromatic rings. The number of carbonyl (C=O) groups excluding carboxylic acids is 1. The van der Waals surface area contributed by atoms with Crippen LogP contribution >= 0.6 is 0 Å². The summed E-state index contributed by atoms with van der Waals surface area (Å²) in [6.45, 7) is 1.43. The fraction of sp³-hybridized carbons (Fsp3) is 0.188. The number of hydrogen-bond acceptors (Lipinski definition) is 3. The molecule has 0 atom stereocenters. The van der Waals surface area contributed by atoms with Gasteiger partial charge in [-0.3, -0.25) is 4.79 Å². The summed E-state index contributed by atoms with van der Waals surface area (Å²) in [5.41, 5.74) is 1.35. The molecule has 116 valence electrons. The van der Waals surface area contributed by atoms with Gasteiger partial charge in [-0.15, -0.1) is 0 Å². The minimum Gasteiger partial charge on any atom is -0.314 e.